The monoisotopic (exact) mass is 278 g/mol. The number of likely N-dealkylation sites (N-methyl/N-ethyl adjacent to an activating group) is 1. The molecule has 1 aromatic heterocycles. The Kier molecular flexibility index (Phi) is 3.63. The first-order valence-electron chi connectivity index (χ1n) is 7.24. The van der Waals surface area contributed by atoms with Gasteiger partial charge in [0.25, 0.3) is 5.91 Å². The van der Waals surface area contributed by atoms with Gasteiger partial charge in [-0.3, -0.25) is 4.79 Å². The van der Waals surface area contributed by atoms with E-state index in [1.807, 2.05) is 11.9 Å². The van der Waals surface area contributed by atoms with Gasteiger partial charge in [-0.05, 0) is 43.7 Å². The molecule has 1 N–H and O–H groups in total. The Morgan fingerprint density at radius 2 is 2.32 bits per heavy atom. The SMILES string of the molecule is CC1CCc2c(C(=O)N(C)C3CCNC3)csc2C1. The van der Waals surface area contributed by atoms with Gasteiger partial charge in [0.05, 0.1) is 5.56 Å². The minimum Gasteiger partial charge on any atom is -0.337 e. The predicted molar refractivity (Wildman–Crippen MR) is 78.9 cm³/mol. The molecule has 0 spiro atoms. The highest BCUT2D eigenvalue weighted by Gasteiger charge is 2.28. The topological polar surface area (TPSA) is 32.3 Å². The molecule has 1 saturated heterocycles. The summed E-state index contributed by atoms with van der Waals surface area (Å²) in [5, 5.41) is 5.42. The Hall–Kier alpha value is -0.870. The number of amides is 1. The average Bonchev–Trinajstić information content (AvgIpc) is 3.05. The van der Waals surface area contributed by atoms with Crippen LogP contribution in [0.5, 0.6) is 0 Å². The number of nitrogens with zero attached hydrogens (tertiary/aromatic N) is 1. The Morgan fingerprint density at radius 3 is 3.05 bits per heavy atom. The number of hydrogen-bond acceptors (Lipinski definition) is 3. The summed E-state index contributed by atoms with van der Waals surface area (Å²) in [6.07, 6.45) is 4.53. The Labute approximate surface area is 119 Å². The lowest BCUT2D eigenvalue weighted by atomic mass is 9.88. The third kappa shape index (κ3) is 2.43. The standard InChI is InChI=1S/C15H22N2OS/c1-10-3-4-12-13(9-19-14(12)7-10)15(18)17(2)11-5-6-16-8-11/h9-11,16H,3-8H2,1-2H3. The van der Waals surface area contributed by atoms with E-state index in [4.69, 9.17) is 0 Å². The first kappa shape index (κ1) is 13.1. The molecule has 104 valence electrons. The van der Waals surface area contributed by atoms with Crippen LogP contribution >= 0.6 is 11.3 Å². The van der Waals surface area contributed by atoms with Crippen LogP contribution in [-0.2, 0) is 12.8 Å². The van der Waals surface area contributed by atoms with E-state index in [0.717, 1.165) is 43.8 Å². The summed E-state index contributed by atoms with van der Waals surface area (Å²) in [7, 11) is 1.95. The molecule has 1 aliphatic carbocycles. The molecule has 1 aliphatic heterocycles. The van der Waals surface area contributed by atoms with Crippen molar-refractivity contribution in [2.45, 2.75) is 38.6 Å². The number of carbonyl (C=O) groups is 1. The predicted octanol–water partition coefficient (Wildman–Crippen LogP) is 2.31. The van der Waals surface area contributed by atoms with Crippen molar-refractivity contribution in [2.24, 2.45) is 5.92 Å². The van der Waals surface area contributed by atoms with Crippen molar-refractivity contribution in [3.63, 3.8) is 0 Å². The zero-order valence-electron chi connectivity index (χ0n) is 11.7. The number of rotatable bonds is 2. The van der Waals surface area contributed by atoms with Crippen LogP contribution in [0.15, 0.2) is 5.38 Å². The van der Waals surface area contributed by atoms with E-state index in [9.17, 15) is 4.79 Å². The highest BCUT2D eigenvalue weighted by molar-refractivity contribution is 7.10. The number of hydrogen-bond donors (Lipinski definition) is 1. The van der Waals surface area contributed by atoms with Crippen LogP contribution in [0.2, 0.25) is 0 Å². The van der Waals surface area contributed by atoms with E-state index in [2.05, 4.69) is 17.6 Å². The molecule has 19 heavy (non-hydrogen) atoms. The largest absolute Gasteiger partial charge is 0.337 e. The number of nitrogens with one attached hydrogen (secondary N) is 1. The van der Waals surface area contributed by atoms with Crippen LogP contribution in [0.1, 0.15) is 40.6 Å². The molecule has 2 aliphatic rings. The van der Waals surface area contributed by atoms with E-state index >= 15 is 0 Å². The highest BCUT2D eigenvalue weighted by Crippen LogP contribution is 2.33. The maximum atomic E-state index is 12.7. The molecule has 4 heteroatoms. The lowest BCUT2D eigenvalue weighted by Gasteiger charge is -2.25. The fourth-order valence-electron chi connectivity index (χ4n) is 3.18. The van der Waals surface area contributed by atoms with Gasteiger partial charge in [0, 0.05) is 29.9 Å². The second kappa shape index (κ2) is 5.25. The highest BCUT2D eigenvalue weighted by atomic mass is 32.1. The molecule has 1 amide bonds. The lowest BCUT2D eigenvalue weighted by molar-refractivity contribution is 0.0743. The van der Waals surface area contributed by atoms with Crippen LogP contribution in [0.4, 0.5) is 0 Å². The zero-order valence-corrected chi connectivity index (χ0v) is 12.6. The third-order valence-electron chi connectivity index (χ3n) is 4.53. The number of thiophene rings is 1. The molecular formula is C15H22N2OS. The van der Waals surface area contributed by atoms with Gasteiger partial charge >= 0.3 is 0 Å². The summed E-state index contributed by atoms with van der Waals surface area (Å²) in [4.78, 5) is 16.0. The van der Waals surface area contributed by atoms with Crippen LogP contribution < -0.4 is 5.32 Å². The molecule has 2 unspecified atom stereocenters. The average molecular weight is 278 g/mol. The fraction of sp³-hybridized carbons (Fsp3) is 0.667. The maximum absolute atomic E-state index is 12.7. The van der Waals surface area contributed by atoms with Crippen molar-refractivity contribution in [3.8, 4) is 0 Å². The van der Waals surface area contributed by atoms with Crippen LogP contribution in [-0.4, -0.2) is 37.0 Å². The van der Waals surface area contributed by atoms with Gasteiger partial charge in [-0.25, -0.2) is 0 Å². The Balaban J connectivity index is 1.80. The normalized spacial score (nSPS) is 26.2. The fourth-order valence-corrected chi connectivity index (χ4v) is 4.42. The van der Waals surface area contributed by atoms with Crippen LogP contribution in [0.25, 0.3) is 0 Å². The summed E-state index contributed by atoms with van der Waals surface area (Å²) in [6.45, 7) is 4.27. The molecule has 2 atom stereocenters. The Bertz CT molecular complexity index is 476. The molecule has 1 fully saturated rings. The van der Waals surface area contributed by atoms with E-state index in [1.165, 1.54) is 16.9 Å². The molecular weight excluding hydrogens is 256 g/mol. The van der Waals surface area contributed by atoms with Gasteiger partial charge in [-0.1, -0.05) is 6.92 Å². The van der Waals surface area contributed by atoms with Gasteiger partial charge in [-0.2, -0.15) is 0 Å². The number of fused-ring (bicyclic) bond motifs is 1. The van der Waals surface area contributed by atoms with Crippen molar-refractivity contribution in [1.29, 1.82) is 0 Å². The molecule has 0 saturated carbocycles. The zero-order chi connectivity index (χ0) is 13.4. The molecule has 3 nitrogen and oxygen atoms in total. The summed E-state index contributed by atoms with van der Waals surface area (Å²) in [6, 6.07) is 0.366. The van der Waals surface area contributed by atoms with Gasteiger partial charge < -0.3 is 10.2 Å². The van der Waals surface area contributed by atoms with Crippen molar-refractivity contribution < 1.29 is 4.79 Å². The van der Waals surface area contributed by atoms with E-state index in [1.54, 1.807) is 11.3 Å². The van der Waals surface area contributed by atoms with E-state index in [-0.39, 0.29) is 5.91 Å². The summed E-state index contributed by atoms with van der Waals surface area (Å²) < 4.78 is 0. The summed E-state index contributed by atoms with van der Waals surface area (Å²) in [5.41, 5.74) is 2.31. The molecule has 1 aromatic rings. The van der Waals surface area contributed by atoms with Crippen molar-refractivity contribution in [1.82, 2.24) is 10.2 Å². The number of carbonyl (C=O) groups excluding carboxylic acids is 1. The van der Waals surface area contributed by atoms with Crippen LogP contribution in [0.3, 0.4) is 0 Å². The van der Waals surface area contributed by atoms with Gasteiger partial charge in [0.1, 0.15) is 0 Å². The quantitative estimate of drug-likeness (QED) is 0.900. The molecule has 0 bridgehead atoms. The summed E-state index contributed by atoms with van der Waals surface area (Å²) >= 11 is 1.78. The Morgan fingerprint density at radius 1 is 1.47 bits per heavy atom. The molecule has 2 heterocycles. The van der Waals surface area contributed by atoms with Gasteiger partial charge in [0.2, 0.25) is 0 Å². The minimum atomic E-state index is 0.223. The van der Waals surface area contributed by atoms with Gasteiger partial charge in [0.15, 0.2) is 0 Å². The first-order chi connectivity index (χ1) is 9.16. The minimum absolute atomic E-state index is 0.223. The summed E-state index contributed by atoms with van der Waals surface area (Å²) in [5.74, 6) is 0.992. The smallest absolute Gasteiger partial charge is 0.255 e. The molecule has 0 aromatic carbocycles. The van der Waals surface area contributed by atoms with E-state index < -0.39 is 0 Å². The van der Waals surface area contributed by atoms with Crippen molar-refractivity contribution >= 4 is 17.2 Å². The van der Waals surface area contributed by atoms with Crippen LogP contribution in [0, 0.1) is 5.92 Å². The second-order valence-corrected chi connectivity index (χ2v) is 6.93. The first-order valence-corrected chi connectivity index (χ1v) is 8.12. The van der Waals surface area contributed by atoms with Crippen molar-refractivity contribution in [3.05, 3.63) is 21.4 Å². The van der Waals surface area contributed by atoms with Crippen molar-refractivity contribution in [2.75, 3.05) is 20.1 Å². The van der Waals surface area contributed by atoms with E-state index in [0.29, 0.717) is 6.04 Å². The maximum Gasteiger partial charge on any atom is 0.255 e. The second-order valence-electron chi connectivity index (χ2n) is 5.96. The molecule has 3 rings (SSSR count). The lowest BCUT2D eigenvalue weighted by Crippen LogP contribution is -2.38. The van der Waals surface area contributed by atoms with Gasteiger partial charge in [-0.15, -0.1) is 11.3 Å². The molecule has 0 radical (unpaired) electrons. The third-order valence-corrected chi connectivity index (χ3v) is 5.59.